The van der Waals surface area contributed by atoms with Crippen molar-refractivity contribution in [2.24, 2.45) is 5.73 Å². The molecule has 0 aromatic heterocycles. The van der Waals surface area contributed by atoms with Crippen LogP contribution in [0.4, 0.5) is 0 Å². The molecule has 0 spiro atoms. The predicted molar refractivity (Wildman–Crippen MR) is 52.3 cm³/mol. The summed E-state index contributed by atoms with van der Waals surface area (Å²) >= 11 is 0. The molecule has 76 valence electrons. The zero-order chi connectivity index (χ0) is 10.6. The first kappa shape index (κ1) is 10.5. The van der Waals surface area contributed by atoms with Crippen LogP contribution in [0.2, 0.25) is 0 Å². The number of aliphatic carboxylic acids is 1. The van der Waals surface area contributed by atoms with Crippen molar-refractivity contribution in [3.8, 4) is 5.75 Å². The fourth-order valence-electron chi connectivity index (χ4n) is 0.980. The lowest BCUT2D eigenvalue weighted by atomic mass is 10.2. The standard InChI is InChI=1S/C10H13NO3/c1-7-2-4-8(5-3-7)14-9(6-11)10(12)13/h2-5,9H,6,11H2,1H3,(H,12,13). The fourth-order valence-corrected chi connectivity index (χ4v) is 0.980. The molecule has 3 N–H and O–H groups in total. The number of aryl methyl sites for hydroxylation is 1. The quantitative estimate of drug-likeness (QED) is 0.744. The monoisotopic (exact) mass is 195 g/mol. The van der Waals surface area contributed by atoms with Gasteiger partial charge in [-0.3, -0.25) is 0 Å². The zero-order valence-electron chi connectivity index (χ0n) is 7.93. The number of nitrogens with two attached hydrogens (primary N) is 1. The molecule has 0 aliphatic carbocycles. The highest BCUT2D eigenvalue weighted by molar-refractivity contribution is 5.73. The largest absolute Gasteiger partial charge is 0.478 e. The van der Waals surface area contributed by atoms with E-state index in [1.807, 2.05) is 19.1 Å². The highest BCUT2D eigenvalue weighted by atomic mass is 16.5. The second kappa shape index (κ2) is 4.62. The summed E-state index contributed by atoms with van der Waals surface area (Å²) in [7, 11) is 0. The number of rotatable bonds is 4. The Morgan fingerprint density at radius 1 is 1.50 bits per heavy atom. The molecule has 0 bridgehead atoms. The number of hydrogen-bond donors (Lipinski definition) is 2. The third kappa shape index (κ3) is 2.74. The van der Waals surface area contributed by atoms with Crippen LogP contribution in [-0.4, -0.2) is 23.7 Å². The van der Waals surface area contributed by atoms with Crippen LogP contribution in [0.5, 0.6) is 5.75 Å². The van der Waals surface area contributed by atoms with Gasteiger partial charge in [-0.25, -0.2) is 4.79 Å². The molecule has 0 heterocycles. The Balaban J connectivity index is 2.67. The van der Waals surface area contributed by atoms with Gasteiger partial charge in [0.1, 0.15) is 5.75 Å². The van der Waals surface area contributed by atoms with Crippen molar-refractivity contribution in [3.63, 3.8) is 0 Å². The first-order valence-electron chi connectivity index (χ1n) is 4.29. The number of carboxylic acids is 1. The van der Waals surface area contributed by atoms with Gasteiger partial charge in [-0.05, 0) is 19.1 Å². The van der Waals surface area contributed by atoms with E-state index < -0.39 is 12.1 Å². The van der Waals surface area contributed by atoms with Gasteiger partial charge in [0.25, 0.3) is 0 Å². The molecule has 1 aromatic carbocycles. The molecular weight excluding hydrogens is 182 g/mol. The van der Waals surface area contributed by atoms with E-state index in [0.29, 0.717) is 5.75 Å². The Morgan fingerprint density at radius 2 is 2.07 bits per heavy atom. The molecule has 0 saturated carbocycles. The molecule has 1 rings (SSSR count). The summed E-state index contributed by atoms with van der Waals surface area (Å²) in [5.41, 5.74) is 6.34. The molecule has 1 unspecified atom stereocenters. The van der Waals surface area contributed by atoms with Crippen LogP contribution >= 0.6 is 0 Å². The molecule has 0 saturated heterocycles. The van der Waals surface area contributed by atoms with Crippen LogP contribution in [0.1, 0.15) is 5.56 Å². The topological polar surface area (TPSA) is 72.5 Å². The van der Waals surface area contributed by atoms with Crippen molar-refractivity contribution in [1.82, 2.24) is 0 Å². The molecule has 4 heteroatoms. The molecule has 0 fully saturated rings. The summed E-state index contributed by atoms with van der Waals surface area (Å²) in [4.78, 5) is 10.6. The van der Waals surface area contributed by atoms with E-state index in [4.69, 9.17) is 15.6 Å². The lowest BCUT2D eigenvalue weighted by Crippen LogP contribution is -2.34. The minimum absolute atomic E-state index is 0.0385. The lowest BCUT2D eigenvalue weighted by Gasteiger charge is -2.12. The van der Waals surface area contributed by atoms with Gasteiger partial charge < -0.3 is 15.6 Å². The van der Waals surface area contributed by atoms with E-state index in [9.17, 15) is 4.79 Å². The van der Waals surface area contributed by atoms with E-state index in [-0.39, 0.29) is 6.54 Å². The average Bonchev–Trinajstić information content (AvgIpc) is 2.16. The van der Waals surface area contributed by atoms with E-state index >= 15 is 0 Å². The number of carboxylic acid groups (broad SMARTS) is 1. The van der Waals surface area contributed by atoms with Gasteiger partial charge in [-0.1, -0.05) is 17.7 Å². The Hall–Kier alpha value is -1.55. The third-order valence-corrected chi connectivity index (χ3v) is 1.79. The van der Waals surface area contributed by atoms with Gasteiger partial charge in [0.05, 0.1) is 0 Å². The second-order valence-corrected chi connectivity index (χ2v) is 2.99. The van der Waals surface area contributed by atoms with Crippen LogP contribution in [0, 0.1) is 6.92 Å². The number of ether oxygens (including phenoxy) is 1. The lowest BCUT2D eigenvalue weighted by molar-refractivity contribution is -0.144. The van der Waals surface area contributed by atoms with Crippen LogP contribution in [0.25, 0.3) is 0 Å². The van der Waals surface area contributed by atoms with Crippen LogP contribution in [0.3, 0.4) is 0 Å². The first-order chi connectivity index (χ1) is 6.63. The Kier molecular flexibility index (Phi) is 3.48. The van der Waals surface area contributed by atoms with Crippen molar-refractivity contribution in [1.29, 1.82) is 0 Å². The van der Waals surface area contributed by atoms with E-state index in [1.165, 1.54) is 0 Å². The fraction of sp³-hybridized carbons (Fsp3) is 0.300. The molecule has 4 nitrogen and oxygen atoms in total. The second-order valence-electron chi connectivity index (χ2n) is 2.99. The van der Waals surface area contributed by atoms with E-state index in [0.717, 1.165) is 5.56 Å². The molecule has 1 aromatic rings. The minimum atomic E-state index is -1.05. The average molecular weight is 195 g/mol. The molecule has 0 aliphatic rings. The van der Waals surface area contributed by atoms with Crippen molar-refractivity contribution < 1.29 is 14.6 Å². The van der Waals surface area contributed by atoms with Crippen molar-refractivity contribution in [2.75, 3.05) is 6.54 Å². The zero-order valence-corrected chi connectivity index (χ0v) is 7.93. The number of hydrogen-bond acceptors (Lipinski definition) is 3. The maximum atomic E-state index is 10.6. The maximum absolute atomic E-state index is 10.6. The van der Waals surface area contributed by atoms with E-state index in [2.05, 4.69) is 0 Å². The van der Waals surface area contributed by atoms with Gasteiger partial charge in [0.2, 0.25) is 6.10 Å². The molecule has 0 radical (unpaired) electrons. The summed E-state index contributed by atoms with van der Waals surface area (Å²) in [6, 6.07) is 7.15. The van der Waals surface area contributed by atoms with Crippen molar-refractivity contribution >= 4 is 5.97 Å². The molecule has 0 aliphatic heterocycles. The Morgan fingerprint density at radius 3 is 2.50 bits per heavy atom. The molecule has 0 amide bonds. The van der Waals surface area contributed by atoms with Crippen molar-refractivity contribution in [3.05, 3.63) is 29.8 Å². The molecular formula is C10H13NO3. The SMILES string of the molecule is Cc1ccc(OC(CN)C(=O)O)cc1. The van der Waals surface area contributed by atoms with Crippen LogP contribution in [0.15, 0.2) is 24.3 Å². The predicted octanol–water partition coefficient (Wildman–Crippen LogP) is 0.786. The first-order valence-corrected chi connectivity index (χ1v) is 4.29. The van der Waals surface area contributed by atoms with E-state index in [1.54, 1.807) is 12.1 Å². The summed E-state index contributed by atoms with van der Waals surface area (Å²) in [5, 5.41) is 8.68. The van der Waals surface area contributed by atoms with Crippen LogP contribution < -0.4 is 10.5 Å². The normalized spacial score (nSPS) is 12.1. The summed E-state index contributed by atoms with van der Waals surface area (Å²) in [5.74, 6) is -0.526. The highest BCUT2D eigenvalue weighted by Crippen LogP contribution is 2.12. The van der Waals surface area contributed by atoms with Gasteiger partial charge in [-0.2, -0.15) is 0 Å². The maximum Gasteiger partial charge on any atom is 0.346 e. The van der Waals surface area contributed by atoms with Crippen LogP contribution in [-0.2, 0) is 4.79 Å². The Labute approximate surface area is 82.3 Å². The molecule has 14 heavy (non-hydrogen) atoms. The van der Waals surface area contributed by atoms with Gasteiger partial charge in [0.15, 0.2) is 0 Å². The number of benzene rings is 1. The molecule has 1 atom stereocenters. The van der Waals surface area contributed by atoms with Gasteiger partial charge in [-0.15, -0.1) is 0 Å². The van der Waals surface area contributed by atoms with Gasteiger partial charge >= 0.3 is 5.97 Å². The minimum Gasteiger partial charge on any atom is -0.478 e. The Bertz CT molecular complexity index is 308. The highest BCUT2D eigenvalue weighted by Gasteiger charge is 2.16. The smallest absolute Gasteiger partial charge is 0.346 e. The van der Waals surface area contributed by atoms with Gasteiger partial charge in [0, 0.05) is 6.54 Å². The summed E-state index contributed by atoms with van der Waals surface area (Å²) < 4.78 is 5.16. The number of carbonyl (C=O) groups is 1. The summed E-state index contributed by atoms with van der Waals surface area (Å²) in [6.07, 6.45) is -0.974. The summed E-state index contributed by atoms with van der Waals surface area (Å²) in [6.45, 7) is 1.91. The third-order valence-electron chi connectivity index (χ3n) is 1.79. The van der Waals surface area contributed by atoms with Crippen molar-refractivity contribution in [2.45, 2.75) is 13.0 Å².